The summed E-state index contributed by atoms with van der Waals surface area (Å²) in [4.78, 5) is 0. The van der Waals surface area contributed by atoms with Gasteiger partial charge in [-0.15, -0.1) is 0 Å². The van der Waals surface area contributed by atoms with Gasteiger partial charge in [0.15, 0.2) is 0 Å². The Morgan fingerprint density at radius 1 is 1.00 bits per heavy atom. The van der Waals surface area contributed by atoms with E-state index in [-0.39, 0.29) is 17.4 Å². The molecule has 0 aliphatic heterocycles. The molecule has 0 heterocycles. The molecule has 1 aromatic rings. The molecule has 0 spiro atoms. The molecule has 0 unspecified atom stereocenters. The fourth-order valence-electron chi connectivity index (χ4n) is 1.44. The zero-order chi connectivity index (χ0) is 10.8. The first kappa shape index (κ1) is 11.3. The summed E-state index contributed by atoms with van der Waals surface area (Å²) >= 11 is 0. The second kappa shape index (κ2) is 3.74. The largest absolute Gasteiger partial charge is 0.396 e. The maximum absolute atomic E-state index is 9.39. The van der Waals surface area contributed by atoms with Crippen molar-refractivity contribution in [2.24, 2.45) is 5.41 Å². The molecule has 1 aromatic carbocycles. The van der Waals surface area contributed by atoms with Crippen LogP contribution in [0.1, 0.15) is 33.3 Å². The highest BCUT2D eigenvalue weighted by Gasteiger charge is 2.37. The van der Waals surface area contributed by atoms with Crippen LogP contribution in [0.5, 0.6) is 0 Å². The third-order valence-corrected chi connectivity index (χ3v) is 3.58. The Hall–Kier alpha value is -0.820. The first-order chi connectivity index (χ1) is 6.42. The summed E-state index contributed by atoms with van der Waals surface area (Å²) in [6.45, 7) is 8.76. The van der Waals surface area contributed by atoms with Gasteiger partial charge in [0.05, 0.1) is 0 Å². The van der Waals surface area contributed by atoms with E-state index in [1.807, 2.05) is 18.2 Å². The lowest BCUT2D eigenvalue weighted by atomic mass is 9.64. The van der Waals surface area contributed by atoms with Crippen molar-refractivity contribution in [3.05, 3.63) is 35.9 Å². The Morgan fingerprint density at radius 3 is 1.93 bits per heavy atom. The summed E-state index contributed by atoms with van der Waals surface area (Å²) in [5.41, 5.74) is 1.16. The van der Waals surface area contributed by atoms with Crippen LogP contribution in [0.25, 0.3) is 0 Å². The van der Waals surface area contributed by atoms with Gasteiger partial charge in [0, 0.05) is 6.61 Å². The Kier molecular flexibility index (Phi) is 3.01. The molecule has 0 bridgehead atoms. The van der Waals surface area contributed by atoms with Crippen molar-refractivity contribution in [3.63, 3.8) is 0 Å². The van der Waals surface area contributed by atoms with Crippen LogP contribution in [0.2, 0.25) is 0 Å². The molecule has 1 N–H and O–H groups in total. The lowest BCUT2D eigenvalue weighted by Crippen LogP contribution is -2.39. The van der Waals surface area contributed by atoms with Crippen LogP contribution in [0.4, 0.5) is 0 Å². The highest BCUT2D eigenvalue weighted by molar-refractivity contribution is 5.26. The summed E-state index contributed by atoms with van der Waals surface area (Å²) < 4.78 is 0. The molecule has 78 valence electrons. The highest BCUT2D eigenvalue weighted by atomic mass is 16.3. The predicted octanol–water partition coefficient (Wildman–Crippen LogP) is 2.98. The van der Waals surface area contributed by atoms with Gasteiger partial charge in [-0.25, -0.2) is 0 Å². The van der Waals surface area contributed by atoms with E-state index in [2.05, 4.69) is 39.8 Å². The average molecular weight is 192 g/mol. The number of benzene rings is 1. The average Bonchev–Trinajstić information content (AvgIpc) is 2.19. The van der Waals surface area contributed by atoms with Crippen LogP contribution in [-0.2, 0) is 5.41 Å². The molecule has 1 heteroatoms. The van der Waals surface area contributed by atoms with Gasteiger partial charge >= 0.3 is 0 Å². The molecule has 0 amide bonds. The standard InChI is InChI=1S/C13H20O/c1-12(2,10-14)13(3,4)11-8-6-5-7-9-11/h5-9,14H,10H2,1-4H3. The van der Waals surface area contributed by atoms with Gasteiger partial charge in [0.25, 0.3) is 0 Å². The van der Waals surface area contributed by atoms with Crippen LogP contribution >= 0.6 is 0 Å². The number of aliphatic hydroxyl groups excluding tert-OH is 1. The van der Waals surface area contributed by atoms with Crippen LogP contribution < -0.4 is 0 Å². The molecular formula is C13H20O. The van der Waals surface area contributed by atoms with Gasteiger partial charge in [-0.3, -0.25) is 0 Å². The van der Waals surface area contributed by atoms with Crippen molar-refractivity contribution in [3.8, 4) is 0 Å². The molecular weight excluding hydrogens is 172 g/mol. The van der Waals surface area contributed by atoms with Gasteiger partial charge < -0.3 is 5.11 Å². The van der Waals surface area contributed by atoms with Gasteiger partial charge in [0.1, 0.15) is 0 Å². The molecule has 1 nitrogen and oxygen atoms in total. The zero-order valence-corrected chi connectivity index (χ0v) is 9.54. The van der Waals surface area contributed by atoms with Crippen molar-refractivity contribution < 1.29 is 5.11 Å². The summed E-state index contributed by atoms with van der Waals surface area (Å²) in [5, 5.41) is 9.39. The first-order valence-corrected chi connectivity index (χ1v) is 5.08. The number of rotatable bonds is 3. The van der Waals surface area contributed by atoms with Crippen molar-refractivity contribution >= 4 is 0 Å². The van der Waals surface area contributed by atoms with E-state index in [1.54, 1.807) is 0 Å². The van der Waals surface area contributed by atoms with Crippen LogP contribution in [-0.4, -0.2) is 11.7 Å². The van der Waals surface area contributed by atoms with E-state index in [0.717, 1.165) is 0 Å². The molecule has 0 aliphatic carbocycles. The second-order valence-electron chi connectivity index (χ2n) is 5.03. The van der Waals surface area contributed by atoms with Gasteiger partial charge in [-0.2, -0.15) is 0 Å². The van der Waals surface area contributed by atoms with Crippen molar-refractivity contribution in [2.75, 3.05) is 6.61 Å². The number of aliphatic hydroxyl groups is 1. The molecule has 0 aliphatic rings. The van der Waals surface area contributed by atoms with E-state index in [0.29, 0.717) is 0 Å². The third kappa shape index (κ3) is 1.83. The molecule has 0 saturated heterocycles. The molecule has 0 saturated carbocycles. The molecule has 0 atom stereocenters. The second-order valence-corrected chi connectivity index (χ2v) is 5.03. The SMILES string of the molecule is CC(C)(CO)C(C)(C)c1ccccc1. The summed E-state index contributed by atoms with van der Waals surface area (Å²) in [5.74, 6) is 0. The molecule has 1 rings (SSSR count). The van der Waals surface area contributed by atoms with Gasteiger partial charge in [0.2, 0.25) is 0 Å². The van der Waals surface area contributed by atoms with Gasteiger partial charge in [-0.05, 0) is 16.4 Å². The highest BCUT2D eigenvalue weighted by Crippen LogP contribution is 2.40. The van der Waals surface area contributed by atoms with E-state index in [4.69, 9.17) is 0 Å². The lowest BCUT2D eigenvalue weighted by molar-refractivity contribution is 0.0880. The molecule has 14 heavy (non-hydrogen) atoms. The summed E-state index contributed by atoms with van der Waals surface area (Å²) in [6, 6.07) is 10.4. The molecule has 0 aromatic heterocycles. The maximum atomic E-state index is 9.39. The minimum absolute atomic E-state index is 0.0109. The van der Waals surface area contributed by atoms with Crippen molar-refractivity contribution in [2.45, 2.75) is 33.1 Å². The van der Waals surface area contributed by atoms with Crippen LogP contribution in [0, 0.1) is 5.41 Å². The Morgan fingerprint density at radius 2 is 1.50 bits per heavy atom. The normalized spacial score (nSPS) is 12.9. The summed E-state index contributed by atoms with van der Waals surface area (Å²) in [6.07, 6.45) is 0. The fourth-order valence-corrected chi connectivity index (χ4v) is 1.44. The fraction of sp³-hybridized carbons (Fsp3) is 0.538. The smallest absolute Gasteiger partial charge is 0.0490 e. The van der Waals surface area contributed by atoms with E-state index < -0.39 is 0 Å². The maximum Gasteiger partial charge on any atom is 0.0490 e. The Labute approximate surface area is 86.8 Å². The van der Waals surface area contributed by atoms with E-state index in [1.165, 1.54) is 5.56 Å². The Bertz CT molecular complexity index is 285. The Balaban J connectivity index is 3.08. The lowest BCUT2D eigenvalue weighted by Gasteiger charge is -2.40. The molecule has 0 radical (unpaired) electrons. The minimum Gasteiger partial charge on any atom is -0.396 e. The van der Waals surface area contributed by atoms with Gasteiger partial charge in [-0.1, -0.05) is 58.0 Å². The quantitative estimate of drug-likeness (QED) is 0.780. The minimum atomic E-state index is -0.103. The predicted molar refractivity (Wildman–Crippen MR) is 60.3 cm³/mol. The van der Waals surface area contributed by atoms with Crippen LogP contribution in [0.15, 0.2) is 30.3 Å². The summed E-state index contributed by atoms with van der Waals surface area (Å²) in [7, 11) is 0. The monoisotopic (exact) mass is 192 g/mol. The zero-order valence-electron chi connectivity index (χ0n) is 9.54. The third-order valence-electron chi connectivity index (χ3n) is 3.58. The molecule has 0 fully saturated rings. The topological polar surface area (TPSA) is 20.2 Å². The first-order valence-electron chi connectivity index (χ1n) is 5.08. The van der Waals surface area contributed by atoms with Crippen molar-refractivity contribution in [1.82, 2.24) is 0 Å². The van der Waals surface area contributed by atoms with Crippen molar-refractivity contribution in [1.29, 1.82) is 0 Å². The number of hydrogen-bond donors (Lipinski definition) is 1. The number of hydrogen-bond acceptors (Lipinski definition) is 1. The van der Waals surface area contributed by atoms with E-state index in [9.17, 15) is 5.11 Å². The van der Waals surface area contributed by atoms with E-state index >= 15 is 0 Å². The van der Waals surface area contributed by atoms with Crippen LogP contribution in [0.3, 0.4) is 0 Å².